The molecule has 3 aromatic rings. The quantitative estimate of drug-likeness (QED) is 0.418. The van der Waals surface area contributed by atoms with Gasteiger partial charge >= 0.3 is 5.97 Å². The van der Waals surface area contributed by atoms with Crippen LogP contribution < -0.4 is 10.2 Å². The summed E-state index contributed by atoms with van der Waals surface area (Å²) in [6.07, 6.45) is 0. The highest BCUT2D eigenvalue weighted by Gasteiger charge is 2.15. The van der Waals surface area contributed by atoms with E-state index in [0.29, 0.717) is 11.0 Å². The number of esters is 1. The van der Waals surface area contributed by atoms with E-state index in [2.05, 4.69) is 0 Å². The highest BCUT2D eigenvalue weighted by Crippen LogP contribution is 2.30. The monoisotopic (exact) mass is 270 g/mol. The largest absolute Gasteiger partial charge is 0.508 e. The van der Waals surface area contributed by atoms with Crippen LogP contribution in [0.1, 0.15) is 6.92 Å². The van der Waals surface area contributed by atoms with Crippen molar-refractivity contribution in [2.75, 3.05) is 0 Å². The van der Waals surface area contributed by atoms with Crippen molar-refractivity contribution in [1.29, 1.82) is 0 Å². The van der Waals surface area contributed by atoms with Crippen LogP contribution in [0.2, 0.25) is 0 Å². The van der Waals surface area contributed by atoms with Gasteiger partial charge in [-0.3, -0.25) is 9.59 Å². The van der Waals surface area contributed by atoms with E-state index in [9.17, 15) is 14.7 Å². The fraction of sp³-hybridized carbons (Fsp3) is 0.0667. The summed E-state index contributed by atoms with van der Waals surface area (Å²) in [6, 6.07) is 9.28. The Kier molecular flexibility index (Phi) is 2.68. The second-order valence-electron chi connectivity index (χ2n) is 4.34. The zero-order valence-electron chi connectivity index (χ0n) is 10.5. The first-order chi connectivity index (χ1) is 9.56. The number of carbonyl (C=O) groups is 1. The molecule has 100 valence electrons. The lowest BCUT2D eigenvalue weighted by molar-refractivity contribution is -0.131. The summed E-state index contributed by atoms with van der Waals surface area (Å²) >= 11 is 0. The summed E-state index contributed by atoms with van der Waals surface area (Å²) in [4.78, 5) is 23.6. The van der Waals surface area contributed by atoms with Crippen molar-refractivity contribution in [3.05, 3.63) is 46.6 Å². The Balaban J connectivity index is 2.48. The average Bonchev–Trinajstić information content (AvgIpc) is 2.37. The maximum Gasteiger partial charge on any atom is 0.308 e. The molecule has 0 saturated heterocycles. The number of aromatic hydroxyl groups is 1. The van der Waals surface area contributed by atoms with Gasteiger partial charge in [0, 0.05) is 19.1 Å². The molecule has 0 aliphatic carbocycles. The lowest BCUT2D eigenvalue weighted by Gasteiger charge is -2.07. The number of ether oxygens (including phenoxy) is 1. The smallest absolute Gasteiger partial charge is 0.308 e. The molecule has 0 amide bonds. The third-order valence-corrected chi connectivity index (χ3v) is 2.88. The van der Waals surface area contributed by atoms with Crippen molar-refractivity contribution in [3.8, 4) is 11.5 Å². The van der Waals surface area contributed by atoms with E-state index in [1.165, 1.54) is 19.1 Å². The summed E-state index contributed by atoms with van der Waals surface area (Å²) in [5.41, 5.74) is 0.271. The predicted molar refractivity (Wildman–Crippen MR) is 73.0 cm³/mol. The van der Waals surface area contributed by atoms with Gasteiger partial charge in [-0.1, -0.05) is 12.1 Å². The van der Waals surface area contributed by atoms with E-state index in [0.717, 1.165) is 0 Å². The minimum Gasteiger partial charge on any atom is -0.508 e. The first-order valence-corrected chi connectivity index (χ1v) is 5.93. The molecule has 20 heavy (non-hydrogen) atoms. The molecule has 0 saturated carbocycles. The summed E-state index contributed by atoms with van der Waals surface area (Å²) in [6.45, 7) is 1.22. The van der Waals surface area contributed by atoms with Crippen LogP contribution in [0.25, 0.3) is 21.9 Å². The highest BCUT2D eigenvalue weighted by atomic mass is 16.5. The van der Waals surface area contributed by atoms with Crippen molar-refractivity contribution in [1.82, 2.24) is 0 Å². The summed E-state index contributed by atoms with van der Waals surface area (Å²) in [7, 11) is 0. The van der Waals surface area contributed by atoms with Crippen molar-refractivity contribution in [3.63, 3.8) is 0 Å². The second kappa shape index (κ2) is 4.38. The summed E-state index contributed by atoms with van der Waals surface area (Å²) < 4.78 is 10.6. The van der Waals surface area contributed by atoms with Gasteiger partial charge in [0.05, 0.1) is 5.39 Å². The molecule has 5 heteroatoms. The molecule has 0 spiro atoms. The van der Waals surface area contributed by atoms with Crippen LogP contribution in [0.3, 0.4) is 0 Å². The van der Waals surface area contributed by atoms with Crippen molar-refractivity contribution in [2.24, 2.45) is 0 Å². The molecule has 1 heterocycles. The fourth-order valence-corrected chi connectivity index (χ4v) is 2.11. The maximum atomic E-state index is 12.5. The third-order valence-electron chi connectivity index (χ3n) is 2.88. The molecular weight excluding hydrogens is 260 g/mol. The van der Waals surface area contributed by atoms with E-state index in [-0.39, 0.29) is 27.9 Å². The number of carbonyl (C=O) groups excluding carboxylic acids is 1. The van der Waals surface area contributed by atoms with Gasteiger partial charge in [-0.25, -0.2) is 0 Å². The molecule has 1 N–H and O–H groups in total. The predicted octanol–water partition coefficient (Wildman–Crippen LogP) is 2.58. The normalized spacial score (nSPS) is 10.8. The van der Waals surface area contributed by atoms with Crippen LogP contribution in [0.4, 0.5) is 0 Å². The molecule has 0 bridgehead atoms. The molecule has 0 fully saturated rings. The minimum absolute atomic E-state index is 0.00740. The van der Waals surface area contributed by atoms with E-state index in [4.69, 9.17) is 9.15 Å². The first-order valence-electron chi connectivity index (χ1n) is 5.93. The molecule has 5 nitrogen and oxygen atoms in total. The fourth-order valence-electron chi connectivity index (χ4n) is 2.11. The van der Waals surface area contributed by atoms with Gasteiger partial charge in [-0.05, 0) is 12.1 Å². The SMILES string of the molecule is CC(=O)Oc1cc(O)cc2oc3ccccc3c(=O)c12. The Hall–Kier alpha value is -2.82. The van der Waals surface area contributed by atoms with Crippen LogP contribution in [0.15, 0.2) is 45.6 Å². The minimum atomic E-state index is -0.579. The first kappa shape index (κ1) is 12.2. The van der Waals surface area contributed by atoms with E-state index < -0.39 is 5.97 Å². The summed E-state index contributed by atoms with van der Waals surface area (Å²) in [5, 5.41) is 10.2. The lowest BCUT2D eigenvalue weighted by Crippen LogP contribution is -2.08. The molecule has 0 aliphatic rings. The molecule has 0 unspecified atom stereocenters. The number of phenols is 1. The zero-order chi connectivity index (χ0) is 14.3. The molecule has 0 radical (unpaired) electrons. The van der Waals surface area contributed by atoms with Crippen LogP contribution in [-0.2, 0) is 4.79 Å². The molecule has 2 aromatic carbocycles. The maximum absolute atomic E-state index is 12.5. The Bertz CT molecular complexity index is 892. The zero-order valence-corrected chi connectivity index (χ0v) is 10.5. The molecule has 1 aromatic heterocycles. The van der Waals surface area contributed by atoms with Crippen LogP contribution >= 0.6 is 0 Å². The molecule has 3 rings (SSSR count). The van der Waals surface area contributed by atoms with Gasteiger partial charge in [0.25, 0.3) is 0 Å². The summed E-state index contributed by atoms with van der Waals surface area (Å²) in [5.74, 6) is -0.733. The number of fused-ring (bicyclic) bond motifs is 2. The van der Waals surface area contributed by atoms with Gasteiger partial charge in [0.2, 0.25) is 5.43 Å². The van der Waals surface area contributed by atoms with Gasteiger partial charge in [0.1, 0.15) is 28.1 Å². The number of phenolic OH excluding ortho intramolecular Hbond substituents is 1. The number of hydrogen-bond donors (Lipinski definition) is 1. The average molecular weight is 270 g/mol. The van der Waals surface area contributed by atoms with Crippen molar-refractivity contribution >= 4 is 27.9 Å². The Morgan fingerprint density at radius 3 is 2.70 bits per heavy atom. The lowest BCUT2D eigenvalue weighted by atomic mass is 10.1. The van der Waals surface area contributed by atoms with Crippen LogP contribution in [0.5, 0.6) is 11.5 Å². The molecular formula is C15H10O5. The number of hydrogen-bond acceptors (Lipinski definition) is 5. The Morgan fingerprint density at radius 1 is 1.20 bits per heavy atom. The topological polar surface area (TPSA) is 76.7 Å². The van der Waals surface area contributed by atoms with Gasteiger partial charge in [-0.2, -0.15) is 0 Å². The van der Waals surface area contributed by atoms with E-state index in [1.54, 1.807) is 24.3 Å². The molecule has 0 aliphatic heterocycles. The van der Waals surface area contributed by atoms with Crippen LogP contribution in [0, 0.1) is 0 Å². The number of rotatable bonds is 1. The standard InChI is InChI=1S/C15H10O5/c1-8(16)19-12-6-9(17)7-13-14(12)15(18)10-4-2-3-5-11(10)20-13/h2-7,17H,1H3. The third kappa shape index (κ3) is 1.89. The van der Waals surface area contributed by atoms with Crippen LogP contribution in [-0.4, -0.2) is 11.1 Å². The van der Waals surface area contributed by atoms with Crippen molar-refractivity contribution in [2.45, 2.75) is 6.92 Å². The molecule has 0 atom stereocenters. The Morgan fingerprint density at radius 2 is 1.95 bits per heavy atom. The van der Waals surface area contributed by atoms with E-state index >= 15 is 0 Å². The van der Waals surface area contributed by atoms with E-state index in [1.807, 2.05) is 0 Å². The van der Waals surface area contributed by atoms with Gasteiger partial charge in [0.15, 0.2) is 0 Å². The Labute approximate surface area is 113 Å². The van der Waals surface area contributed by atoms with Crippen molar-refractivity contribution < 1.29 is 19.1 Å². The number of benzene rings is 2. The highest BCUT2D eigenvalue weighted by molar-refractivity contribution is 5.95. The van der Waals surface area contributed by atoms with Gasteiger partial charge in [-0.15, -0.1) is 0 Å². The second-order valence-corrected chi connectivity index (χ2v) is 4.34. The van der Waals surface area contributed by atoms with Gasteiger partial charge < -0.3 is 14.3 Å². The number of para-hydroxylation sites is 1.